The van der Waals surface area contributed by atoms with Crippen LogP contribution in [0.4, 0.5) is 0 Å². The molecule has 0 aromatic carbocycles. The first-order chi connectivity index (χ1) is 8.84. The second-order valence-corrected chi connectivity index (χ2v) is 6.03. The van der Waals surface area contributed by atoms with Gasteiger partial charge < -0.3 is 15.0 Å². The minimum Gasteiger partial charge on any atom is -0.468 e. The third-order valence-electron chi connectivity index (χ3n) is 4.44. The topological polar surface area (TPSA) is 44.8 Å². The minimum absolute atomic E-state index is 0.190. The fourth-order valence-corrected chi connectivity index (χ4v) is 2.82. The summed E-state index contributed by atoms with van der Waals surface area (Å²) in [5.41, 5.74) is -0.607. The Bertz CT molecular complexity index is 309. The summed E-state index contributed by atoms with van der Waals surface area (Å²) in [6, 6.07) is 0.989. The van der Waals surface area contributed by atoms with Gasteiger partial charge in [0.15, 0.2) is 0 Å². The number of carbonyl (C=O) groups is 1. The van der Waals surface area contributed by atoms with Crippen molar-refractivity contribution in [3.8, 4) is 0 Å². The van der Waals surface area contributed by atoms with E-state index in [0.717, 1.165) is 19.5 Å². The number of nitrogens with zero attached hydrogens (tertiary/aromatic N) is 2. The molecule has 0 aromatic heterocycles. The van der Waals surface area contributed by atoms with Crippen LogP contribution in [-0.2, 0) is 9.53 Å². The molecule has 3 atom stereocenters. The van der Waals surface area contributed by atoms with Crippen molar-refractivity contribution in [2.24, 2.45) is 0 Å². The van der Waals surface area contributed by atoms with Gasteiger partial charge in [-0.25, -0.2) is 0 Å². The van der Waals surface area contributed by atoms with Crippen LogP contribution < -0.4 is 5.32 Å². The number of esters is 1. The van der Waals surface area contributed by atoms with E-state index in [4.69, 9.17) is 4.74 Å². The first kappa shape index (κ1) is 16.4. The normalized spacial score (nSPS) is 25.3. The number of methoxy groups -OCH3 is 1. The summed E-state index contributed by atoms with van der Waals surface area (Å²) < 4.78 is 4.90. The fraction of sp³-hybridized carbons (Fsp3) is 0.929. The summed E-state index contributed by atoms with van der Waals surface area (Å²) in [4.78, 5) is 16.6. The monoisotopic (exact) mass is 271 g/mol. The molecule has 1 aliphatic heterocycles. The summed E-state index contributed by atoms with van der Waals surface area (Å²) in [6.45, 7) is 6.28. The molecule has 0 aromatic rings. The molecule has 0 amide bonds. The zero-order valence-corrected chi connectivity index (χ0v) is 13.2. The Labute approximate surface area is 117 Å². The lowest BCUT2D eigenvalue weighted by atomic mass is 9.93. The van der Waals surface area contributed by atoms with Gasteiger partial charge in [-0.05, 0) is 47.8 Å². The maximum absolute atomic E-state index is 11.9. The molecule has 1 heterocycles. The van der Waals surface area contributed by atoms with E-state index in [0.29, 0.717) is 12.1 Å². The molecule has 3 unspecified atom stereocenters. The highest BCUT2D eigenvalue weighted by atomic mass is 16.5. The number of carbonyl (C=O) groups excluding carboxylic acids is 1. The highest BCUT2D eigenvalue weighted by Crippen LogP contribution is 2.22. The molecule has 1 saturated heterocycles. The van der Waals surface area contributed by atoms with Crippen LogP contribution in [0.5, 0.6) is 0 Å². The number of nitrogens with one attached hydrogen (secondary N) is 1. The van der Waals surface area contributed by atoms with Gasteiger partial charge in [0, 0.05) is 25.2 Å². The van der Waals surface area contributed by atoms with Crippen molar-refractivity contribution in [1.29, 1.82) is 0 Å². The van der Waals surface area contributed by atoms with Gasteiger partial charge in [-0.1, -0.05) is 0 Å². The van der Waals surface area contributed by atoms with Gasteiger partial charge in [0.1, 0.15) is 5.54 Å². The van der Waals surface area contributed by atoms with Crippen molar-refractivity contribution >= 4 is 5.97 Å². The van der Waals surface area contributed by atoms with Gasteiger partial charge in [-0.2, -0.15) is 0 Å². The molecule has 0 spiro atoms. The van der Waals surface area contributed by atoms with Crippen molar-refractivity contribution in [2.45, 2.75) is 44.3 Å². The van der Waals surface area contributed by atoms with Crippen LogP contribution in [0.15, 0.2) is 0 Å². The van der Waals surface area contributed by atoms with Crippen LogP contribution >= 0.6 is 0 Å². The van der Waals surface area contributed by atoms with Crippen molar-refractivity contribution < 1.29 is 9.53 Å². The fourth-order valence-electron chi connectivity index (χ4n) is 2.82. The van der Waals surface area contributed by atoms with E-state index in [2.05, 4.69) is 36.1 Å². The lowest BCUT2D eigenvalue weighted by Gasteiger charge is -2.33. The van der Waals surface area contributed by atoms with Crippen LogP contribution in [0.3, 0.4) is 0 Å². The standard InChI is InChI=1S/C14H29N3O2/c1-11(9-14(2,15-3)13(18)19-6)17-8-7-12(10-17)16(4)5/h11-12,15H,7-10H2,1-6H3. The van der Waals surface area contributed by atoms with E-state index in [9.17, 15) is 4.79 Å². The molecule has 5 heteroatoms. The smallest absolute Gasteiger partial charge is 0.325 e. The van der Waals surface area contributed by atoms with E-state index in [1.54, 1.807) is 0 Å². The Balaban J connectivity index is 2.59. The second kappa shape index (κ2) is 6.68. The first-order valence-corrected chi connectivity index (χ1v) is 7.02. The lowest BCUT2D eigenvalue weighted by Crippen LogP contribution is -2.52. The third kappa shape index (κ3) is 3.91. The number of likely N-dealkylation sites (tertiary alicyclic amines) is 1. The van der Waals surface area contributed by atoms with Crippen LogP contribution in [0.2, 0.25) is 0 Å². The number of likely N-dealkylation sites (N-methyl/N-ethyl adjacent to an activating group) is 2. The van der Waals surface area contributed by atoms with E-state index >= 15 is 0 Å². The summed E-state index contributed by atoms with van der Waals surface area (Å²) in [7, 11) is 7.52. The Hall–Kier alpha value is -0.650. The van der Waals surface area contributed by atoms with E-state index < -0.39 is 5.54 Å². The van der Waals surface area contributed by atoms with Crippen molar-refractivity contribution in [1.82, 2.24) is 15.1 Å². The Kier molecular flexibility index (Phi) is 5.77. The van der Waals surface area contributed by atoms with Gasteiger partial charge in [-0.3, -0.25) is 9.69 Å². The van der Waals surface area contributed by atoms with Gasteiger partial charge in [-0.15, -0.1) is 0 Å². The maximum atomic E-state index is 11.9. The summed E-state index contributed by atoms with van der Waals surface area (Å²) >= 11 is 0. The van der Waals surface area contributed by atoms with E-state index in [1.165, 1.54) is 13.5 Å². The highest BCUT2D eigenvalue weighted by molar-refractivity contribution is 5.80. The predicted molar refractivity (Wildman–Crippen MR) is 77.2 cm³/mol. The number of rotatable bonds is 6. The van der Waals surface area contributed by atoms with Crippen LogP contribution in [-0.4, -0.2) is 74.7 Å². The summed E-state index contributed by atoms with van der Waals surface area (Å²) in [6.07, 6.45) is 1.96. The molecule has 0 aliphatic carbocycles. The van der Waals surface area contributed by atoms with E-state index in [1.807, 2.05) is 14.0 Å². The zero-order valence-electron chi connectivity index (χ0n) is 13.2. The van der Waals surface area contributed by atoms with Crippen LogP contribution in [0.25, 0.3) is 0 Å². The van der Waals surface area contributed by atoms with Gasteiger partial charge in [0.25, 0.3) is 0 Å². The molecular weight excluding hydrogens is 242 g/mol. The van der Waals surface area contributed by atoms with Crippen LogP contribution in [0.1, 0.15) is 26.7 Å². The van der Waals surface area contributed by atoms with Gasteiger partial charge in [0.05, 0.1) is 7.11 Å². The summed E-state index contributed by atoms with van der Waals surface area (Å²) in [5.74, 6) is -0.190. The largest absolute Gasteiger partial charge is 0.468 e. The molecule has 1 rings (SSSR count). The molecular formula is C14H29N3O2. The van der Waals surface area contributed by atoms with E-state index in [-0.39, 0.29) is 5.97 Å². The molecule has 0 bridgehead atoms. The average molecular weight is 271 g/mol. The minimum atomic E-state index is -0.607. The SMILES string of the molecule is CNC(C)(CC(C)N1CCC(N(C)C)C1)C(=O)OC. The lowest BCUT2D eigenvalue weighted by molar-refractivity contribution is -0.148. The Morgan fingerprint density at radius 1 is 1.58 bits per heavy atom. The summed E-state index contributed by atoms with van der Waals surface area (Å²) in [5, 5.41) is 3.11. The predicted octanol–water partition coefficient (Wildman–Crippen LogP) is 0.552. The number of hydrogen-bond acceptors (Lipinski definition) is 5. The number of ether oxygens (including phenoxy) is 1. The molecule has 1 aliphatic rings. The number of hydrogen-bond donors (Lipinski definition) is 1. The molecule has 5 nitrogen and oxygen atoms in total. The molecule has 1 fully saturated rings. The quantitative estimate of drug-likeness (QED) is 0.715. The second-order valence-electron chi connectivity index (χ2n) is 6.03. The third-order valence-corrected chi connectivity index (χ3v) is 4.44. The van der Waals surface area contributed by atoms with Crippen molar-refractivity contribution in [3.63, 3.8) is 0 Å². The van der Waals surface area contributed by atoms with Crippen molar-refractivity contribution in [3.05, 3.63) is 0 Å². The Morgan fingerprint density at radius 3 is 2.63 bits per heavy atom. The molecule has 112 valence electrons. The molecule has 0 radical (unpaired) electrons. The van der Waals surface area contributed by atoms with Gasteiger partial charge in [0.2, 0.25) is 0 Å². The maximum Gasteiger partial charge on any atom is 0.325 e. The van der Waals surface area contributed by atoms with Gasteiger partial charge >= 0.3 is 5.97 Å². The molecule has 19 heavy (non-hydrogen) atoms. The van der Waals surface area contributed by atoms with Crippen molar-refractivity contribution in [2.75, 3.05) is 41.3 Å². The first-order valence-electron chi connectivity index (χ1n) is 7.02. The molecule has 1 N–H and O–H groups in total. The Morgan fingerprint density at radius 2 is 2.21 bits per heavy atom. The average Bonchev–Trinajstić information content (AvgIpc) is 2.87. The zero-order chi connectivity index (χ0) is 14.6. The van der Waals surface area contributed by atoms with Crippen LogP contribution in [0, 0.1) is 0 Å². The molecule has 0 saturated carbocycles. The highest BCUT2D eigenvalue weighted by Gasteiger charge is 2.37.